The van der Waals surface area contributed by atoms with Gasteiger partial charge in [0.05, 0.1) is 11.3 Å². The van der Waals surface area contributed by atoms with Crippen LogP contribution >= 0.6 is 0 Å². The number of carbonyl (C=O) groups is 1. The fourth-order valence-corrected chi connectivity index (χ4v) is 3.50. The first-order valence-electron chi connectivity index (χ1n) is 9.93. The van der Waals surface area contributed by atoms with Gasteiger partial charge in [0.1, 0.15) is 0 Å². The molecule has 1 saturated heterocycles. The number of amides is 1. The molecule has 31 heavy (non-hydrogen) atoms. The summed E-state index contributed by atoms with van der Waals surface area (Å²) in [6.07, 6.45) is -4.41. The molecule has 5 nitrogen and oxygen atoms in total. The molecule has 1 amide bonds. The van der Waals surface area contributed by atoms with E-state index in [1.807, 2.05) is 48.2 Å². The molecule has 0 N–H and O–H groups in total. The van der Waals surface area contributed by atoms with Gasteiger partial charge in [-0.15, -0.1) is 10.2 Å². The Morgan fingerprint density at radius 1 is 0.839 bits per heavy atom. The van der Waals surface area contributed by atoms with Crippen LogP contribution in [0.25, 0.3) is 11.3 Å². The van der Waals surface area contributed by atoms with Crippen LogP contribution in [0.5, 0.6) is 0 Å². The Balaban J connectivity index is 1.37. The van der Waals surface area contributed by atoms with Crippen LogP contribution in [0.4, 0.5) is 19.0 Å². The molecule has 1 fully saturated rings. The highest BCUT2D eigenvalue weighted by molar-refractivity contribution is 5.94. The largest absolute Gasteiger partial charge is 0.416 e. The number of halogens is 3. The molecular formula is C23H21F3N4O. The van der Waals surface area contributed by atoms with E-state index in [4.69, 9.17) is 0 Å². The Morgan fingerprint density at radius 3 is 2.03 bits per heavy atom. The molecule has 2 heterocycles. The molecule has 0 aliphatic carbocycles. The first-order chi connectivity index (χ1) is 14.8. The summed E-state index contributed by atoms with van der Waals surface area (Å²) < 4.78 is 38.1. The average molecular weight is 426 g/mol. The fourth-order valence-electron chi connectivity index (χ4n) is 3.50. The number of alkyl halides is 3. The Hall–Kier alpha value is -3.42. The lowest BCUT2D eigenvalue weighted by molar-refractivity contribution is -0.137. The monoisotopic (exact) mass is 426 g/mol. The Labute approximate surface area is 178 Å². The first-order valence-corrected chi connectivity index (χ1v) is 9.93. The van der Waals surface area contributed by atoms with Gasteiger partial charge < -0.3 is 9.80 Å². The molecule has 0 bridgehead atoms. The van der Waals surface area contributed by atoms with Crippen LogP contribution in [0.15, 0.2) is 60.7 Å². The van der Waals surface area contributed by atoms with Crippen LogP contribution in [0, 0.1) is 6.92 Å². The predicted molar refractivity (Wildman–Crippen MR) is 112 cm³/mol. The highest BCUT2D eigenvalue weighted by Gasteiger charge is 2.30. The van der Waals surface area contributed by atoms with E-state index in [9.17, 15) is 18.0 Å². The number of aryl methyl sites for hydroxylation is 1. The lowest BCUT2D eigenvalue weighted by Crippen LogP contribution is -2.49. The molecule has 0 unspecified atom stereocenters. The van der Waals surface area contributed by atoms with Gasteiger partial charge in [-0.1, -0.05) is 29.8 Å². The van der Waals surface area contributed by atoms with Gasteiger partial charge in [-0.2, -0.15) is 13.2 Å². The zero-order valence-corrected chi connectivity index (χ0v) is 16.9. The van der Waals surface area contributed by atoms with Crippen molar-refractivity contribution in [2.24, 2.45) is 0 Å². The van der Waals surface area contributed by atoms with Gasteiger partial charge in [-0.25, -0.2) is 0 Å². The quantitative estimate of drug-likeness (QED) is 0.622. The van der Waals surface area contributed by atoms with Gasteiger partial charge >= 0.3 is 6.18 Å². The summed E-state index contributed by atoms with van der Waals surface area (Å²) in [5.74, 6) is 0.465. The maximum atomic E-state index is 12.7. The van der Waals surface area contributed by atoms with E-state index >= 15 is 0 Å². The Bertz CT molecular complexity index is 1040. The smallest absolute Gasteiger partial charge is 0.352 e. The number of aromatic nitrogens is 2. The second-order valence-corrected chi connectivity index (χ2v) is 7.50. The van der Waals surface area contributed by atoms with E-state index in [-0.39, 0.29) is 11.5 Å². The van der Waals surface area contributed by atoms with Crippen molar-refractivity contribution in [3.05, 3.63) is 77.4 Å². The van der Waals surface area contributed by atoms with Crippen molar-refractivity contribution < 1.29 is 18.0 Å². The molecule has 1 aliphatic rings. The van der Waals surface area contributed by atoms with Crippen molar-refractivity contribution in [1.82, 2.24) is 15.1 Å². The van der Waals surface area contributed by atoms with Crippen LogP contribution in [0.1, 0.15) is 21.5 Å². The molecule has 160 valence electrons. The highest BCUT2D eigenvalue weighted by atomic mass is 19.4. The molecule has 0 atom stereocenters. The van der Waals surface area contributed by atoms with E-state index in [0.29, 0.717) is 26.2 Å². The number of hydrogen-bond acceptors (Lipinski definition) is 4. The molecule has 4 rings (SSSR count). The van der Waals surface area contributed by atoms with Gasteiger partial charge in [0.2, 0.25) is 0 Å². The number of nitrogens with zero attached hydrogens (tertiary/aromatic N) is 4. The molecule has 1 aliphatic heterocycles. The van der Waals surface area contributed by atoms with Crippen LogP contribution in [-0.4, -0.2) is 47.2 Å². The zero-order valence-electron chi connectivity index (χ0n) is 16.9. The highest BCUT2D eigenvalue weighted by Crippen LogP contribution is 2.29. The minimum atomic E-state index is -4.41. The third kappa shape index (κ3) is 4.68. The van der Waals surface area contributed by atoms with E-state index in [1.54, 1.807) is 4.90 Å². The van der Waals surface area contributed by atoms with Crippen molar-refractivity contribution in [3.8, 4) is 11.3 Å². The molecule has 8 heteroatoms. The molecule has 0 saturated carbocycles. The fraction of sp³-hybridized carbons (Fsp3) is 0.261. The summed E-state index contributed by atoms with van der Waals surface area (Å²) in [4.78, 5) is 16.3. The molecule has 2 aromatic carbocycles. The Morgan fingerprint density at radius 2 is 1.48 bits per heavy atom. The number of piperazine rings is 1. The maximum absolute atomic E-state index is 12.7. The summed E-state index contributed by atoms with van der Waals surface area (Å²) in [7, 11) is 0. The van der Waals surface area contributed by atoms with Gasteiger partial charge in [-0.05, 0) is 43.3 Å². The number of rotatable bonds is 3. The second-order valence-electron chi connectivity index (χ2n) is 7.50. The normalized spacial score (nSPS) is 14.6. The molecule has 1 aromatic heterocycles. The van der Waals surface area contributed by atoms with E-state index < -0.39 is 11.7 Å². The summed E-state index contributed by atoms with van der Waals surface area (Å²) >= 11 is 0. The van der Waals surface area contributed by atoms with E-state index in [0.717, 1.165) is 29.2 Å². The van der Waals surface area contributed by atoms with Crippen molar-refractivity contribution >= 4 is 11.7 Å². The number of carbonyl (C=O) groups excluding carboxylic acids is 1. The second kappa shape index (κ2) is 8.37. The number of hydrogen-bond donors (Lipinski definition) is 0. The molecular weight excluding hydrogens is 405 g/mol. The minimum absolute atomic E-state index is 0.253. The first kappa shape index (κ1) is 20.8. The van der Waals surface area contributed by atoms with Crippen LogP contribution in [-0.2, 0) is 6.18 Å². The standard InChI is InChI=1S/C23H21F3N4O/c1-16-2-4-17(5-3-16)20-10-11-21(28-27-20)29-12-14-30(15-13-29)22(31)18-6-8-19(9-7-18)23(24,25)26/h2-11H,12-15H2,1H3. The van der Waals surface area contributed by atoms with Gasteiger partial charge in [0.25, 0.3) is 5.91 Å². The third-order valence-electron chi connectivity index (χ3n) is 5.35. The average Bonchev–Trinajstić information content (AvgIpc) is 2.79. The van der Waals surface area contributed by atoms with Crippen molar-refractivity contribution in [2.45, 2.75) is 13.1 Å². The SMILES string of the molecule is Cc1ccc(-c2ccc(N3CCN(C(=O)c4ccc(C(F)(F)F)cc4)CC3)nn2)cc1. The van der Waals surface area contributed by atoms with Gasteiger partial charge in [-0.3, -0.25) is 4.79 Å². The summed E-state index contributed by atoms with van der Waals surface area (Å²) in [6, 6.07) is 16.2. The van der Waals surface area contributed by atoms with Crippen molar-refractivity contribution in [1.29, 1.82) is 0 Å². The maximum Gasteiger partial charge on any atom is 0.416 e. The zero-order chi connectivity index (χ0) is 22.0. The summed E-state index contributed by atoms with van der Waals surface area (Å²) in [5.41, 5.74) is 2.46. The topological polar surface area (TPSA) is 49.3 Å². The summed E-state index contributed by atoms with van der Waals surface area (Å²) in [6.45, 7) is 4.10. The van der Waals surface area contributed by atoms with Crippen LogP contribution in [0.3, 0.4) is 0 Å². The van der Waals surface area contributed by atoms with Crippen LogP contribution in [0.2, 0.25) is 0 Å². The third-order valence-corrected chi connectivity index (χ3v) is 5.35. The number of anilines is 1. The van der Waals surface area contributed by atoms with Crippen molar-refractivity contribution in [2.75, 3.05) is 31.1 Å². The molecule has 0 radical (unpaired) electrons. The van der Waals surface area contributed by atoms with Crippen LogP contribution < -0.4 is 4.90 Å². The van der Waals surface area contributed by atoms with E-state index in [1.165, 1.54) is 17.7 Å². The predicted octanol–water partition coefficient (Wildman–Crippen LogP) is 4.43. The summed E-state index contributed by atoms with van der Waals surface area (Å²) in [5, 5.41) is 8.65. The minimum Gasteiger partial charge on any atom is -0.352 e. The molecule has 0 spiro atoms. The number of benzene rings is 2. The molecule has 3 aromatic rings. The lowest BCUT2D eigenvalue weighted by Gasteiger charge is -2.35. The van der Waals surface area contributed by atoms with Gasteiger partial charge in [0.15, 0.2) is 5.82 Å². The van der Waals surface area contributed by atoms with Crippen molar-refractivity contribution in [3.63, 3.8) is 0 Å². The van der Waals surface area contributed by atoms with E-state index in [2.05, 4.69) is 10.2 Å². The van der Waals surface area contributed by atoms with Gasteiger partial charge in [0, 0.05) is 37.3 Å². The lowest BCUT2D eigenvalue weighted by atomic mass is 10.1. The Kier molecular flexibility index (Phi) is 5.63.